The van der Waals surface area contributed by atoms with Crippen LogP contribution in [-0.2, 0) is 12.0 Å². The summed E-state index contributed by atoms with van der Waals surface area (Å²) in [5.41, 5.74) is 2.79. The lowest BCUT2D eigenvalue weighted by molar-refractivity contribution is 0.231. The first-order valence-corrected chi connectivity index (χ1v) is 10.8. The molecule has 1 aliphatic carbocycles. The standard InChI is InChI=1S/C24H31ClFN3O/c1-15(2)30-21-10-9-19(12-20(21)26)27-23-13-22(24(4,5)6)28-29(23)14-17-7-8-18(25)11-16(17)3/h7-10,12-13,15-16,27H,11,14H2,1-6H3/t16-/m1/s1. The summed E-state index contributed by atoms with van der Waals surface area (Å²) in [5.74, 6) is 1.04. The summed E-state index contributed by atoms with van der Waals surface area (Å²) < 4.78 is 21.9. The van der Waals surface area contributed by atoms with E-state index >= 15 is 0 Å². The van der Waals surface area contributed by atoms with Crippen molar-refractivity contribution >= 4 is 23.1 Å². The topological polar surface area (TPSA) is 39.1 Å². The van der Waals surface area contributed by atoms with E-state index in [-0.39, 0.29) is 23.1 Å². The fraction of sp³-hybridized carbons (Fsp3) is 0.458. The number of halogens is 2. The fourth-order valence-electron chi connectivity index (χ4n) is 3.32. The van der Waals surface area contributed by atoms with Crippen LogP contribution in [0, 0.1) is 11.7 Å². The van der Waals surface area contributed by atoms with E-state index in [1.165, 1.54) is 11.6 Å². The van der Waals surface area contributed by atoms with Gasteiger partial charge in [-0.1, -0.05) is 45.4 Å². The molecule has 1 atom stereocenters. The smallest absolute Gasteiger partial charge is 0.167 e. The minimum absolute atomic E-state index is 0.0811. The molecule has 1 N–H and O–H groups in total. The maximum absolute atomic E-state index is 14.5. The Kier molecular flexibility index (Phi) is 6.61. The fourth-order valence-corrected chi connectivity index (χ4v) is 3.61. The Bertz CT molecular complexity index is 969. The molecule has 6 heteroatoms. The van der Waals surface area contributed by atoms with Gasteiger partial charge in [0, 0.05) is 28.3 Å². The number of rotatable bonds is 6. The third-order valence-electron chi connectivity index (χ3n) is 5.06. The van der Waals surface area contributed by atoms with Gasteiger partial charge in [0.2, 0.25) is 0 Å². The first kappa shape index (κ1) is 22.4. The normalized spacial score (nSPS) is 17.0. The van der Waals surface area contributed by atoms with Gasteiger partial charge in [-0.3, -0.25) is 0 Å². The molecule has 4 nitrogen and oxygen atoms in total. The molecule has 1 aromatic carbocycles. The molecule has 162 valence electrons. The summed E-state index contributed by atoms with van der Waals surface area (Å²) in [6.45, 7) is 13.0. The van der Waals surface area contributed by atoms with Crippen molar-refractivity contribution in [2.45, 2.75) is 66.0 Å². The van der Waals surface area contributed by atoms with Gasteiger partial charge >= 0.3 is 0 Å². The van der Waals surface area contributed by atoms with Crippen LogP contribution in [0.25, 0.3) is 0 Å². The largest absolute Gasteiger partial charge is 0.488 e. The van der Waals surface area contributed by atoms with Gasteiger partial charge < -0.3 is 10.1 Å². The summed E-state index contributed by atoms with van der Waals surface area (Å²) >= 11 is 6.18. The van der Waals surface area contributed by atoms with E-state index in [2.05, 4.69) is 39.1 Å². The molecular weight excluding hydrogens is 401 g/mol. The summed E-state index contributed by atoms with van der Waals surface area (Å²) in [6, 6.07) is 6.96. The average molecular weight is 432 g/mol. The lowest BCUT2D eigenvalue weighted by Crippen LogP contribution is -2.15. The molecule has 2 aromatic rings. The highest BCUT2D eigenvalue weighted by molar-refractivity contribution is 6.29. The Morgan fingerprint density at radius 3 is 2.60 bits per heavy atom. The number of nitrogens with one attached hydrogen (secondary N) is 1. The minimum atomic E-state index is -0.390. The Morgan fingerprint density at radius 2 is 2.00 bits per heavy atom. The first-order valence-electron chi connectivity index (χ1n) is 10.4. The molecule has 0 radical (unpaired) electrons. The molecular formula is C24H31ClFN3O. The number of allylic oxidation sites excluding steroid dienone is 4. The lowest BCUT2D eigenvalue weighted by Gasteiger charge is -2.20. The molecule has 0 amide bonds. The van der Waals surface area contributed by atoms with Crippen molar-refractivity contribution in [2.24, 2.45) is 5.92 Å². The van der Waals surface area contributed by atoms with Crippen molar-refractivity contribution < 1.29 is 9.13 Å². The Balaban J connectivity index is 1.90. The molecule has 0 spiro atoms. The van der Waals surface area contributed by atoms with Crippen molar-refractivity contribution in [3.8, 4) is 5.75 Å². The maximum Gasteiger partial charge on any atom is 0.167 e. The highest BCUT2D eigenvalue weighted by Gasteiger charge is 2.22. The highest BCUT2D eigenvalue weighted by atomic mass is 35.5. The van der Waals surface area contributed by atoms with Crippen LogP contribution in [0.4, 0.5) is 15.9 Å². The number of nitrogens with zero attached hydrogens (tertiary/aromatic N) is 2. The van der Waals surface area contributed by atoms with Crippen molar-refractivity contribution in [3.05, 3.63) is 58.5 Å². The van der Waals surface area contributed by atoms with E-state index in [1.807, 2.05) is 36.7 Å². The Hall–Kier alpha value is -2.27. The lowest BCUT2D eigenvalue weighted by atomic mass is 9.92. The van der Waals surface area contributed by atoms with Gasteiger partial charge in [-0.05, 0) is 50.0 Å². The average Bonchev–Trinajstić information content (AvgIpc) is 3.02. The van der Waals surface area contributed by atoms with E-state index in [0.717, 1.165) is 23.0 Å². The second kappa shape index (κ2) is 8.84. The number of hydrogen-bond donors (Lipinski definition) is 1. The molecule has 0 aliphatic heterocycles. The van der Waals surface area contributed by atoms with Crippen LogP contribution >= 0.6 is 11.6 Å². The molecule has 0 bridgehead atoms. The van der Waals surface area contributed by atoms with Gasteiger partial charge in [0.05, 0.1) is 18.3 Å². The summed E-state index contributed by atoms with van der Waals surface area (Å²) in [6.07, 6.45) is 4.80. The maximum atomic E-state index is 14.5. The molecule has 3 rings (SSSR count). The van der Waals surface area contributed by atoms with E-state index in [9.17, 15) is 4.39 Å². The van der Waals surface area contributed by atoms with Crippen LogP contribution in [-0.4, -0.2) is 15.9 Å². The Morgan fingerprint density at radius 1 is 1.27 bits per heavy atom. The predicted octanol–water partition coefficient (Wildman–Crippen LogP) is 6.94. The summed E-state index contributed by atoms with van der Waals surface area (Å²) in [4.78, 5) is 0. The summed E-state index contributed by atoms with van der Waals surface area (Å²) in [5, 5.41) is 9.06. The zero-order chi connectivity index (χ0) is 22.1. The van der Waals surface area contributed by atoms with Gasteiger partial charge in [0.1, 0.15) is 5.82 Å². The van der Waals surface area contributed by atoms with E-state index < -0.39 is 0 Å². The number of hydrogen-bond acceptors (Lipinski definition) is 3. The molecule has 1 heterocycles. The van der Waals surface area contributed by atoms with E-state index in [4.69, 9.17) is 21.4 Å². The monoisotopic (exact) mass is 431 g/mol. The minimum Gasteiger partial charge on any atom is -0.488 e. The molecule has 1 aromatic heterocycles. The van der Waals surface area contributed by atoms with Crippen LogP contribution < -0.4 is 10.1 Å². The van der Waals surface area contributed by atoms with Crippen LogP contribution in [0.15, 0.2) is 47.0 Å². The van der Waals surface area contributed by atoms with Crippen LogP contribution in [0.1, 0.15) is 53.7 Å². The third kappa shape index (κ3) is 5.45. The zero-order valence-electron chi connectivity index (χ0n) is 18.6. The van der Waals surface area contributed by atoms with Crippen LogP contribution in [0.3, 0.4) is 0 Å². The number of benzene rings is 1. The second-order valence-electron chi connectivity index (χ2n) is 9.22. The quantitative estimate of drug-likeness (QED) is 0.538. The Labute approximate surface area is 183 Å². The molecule has 30 heavy (non-hydrogen) atoms. The van der Waals surface area contributed by atoms with Gasteiger partial charge in [-0.2, -0.15) is 5.10 Å². The van der Waals surface area contributed by atoms with Crippen LogP contribution in [0.5, 0.6) is 5.75 Å². The van der Waals surface area contributed by atoms with E-state index in [1.54, 1.807) is 6.07 Å². The third-order valence-corrected chi connectivity index (χ3v) is 5.34. The van der Waals surface area contributed by atoms with Crippen molar-refractivity contribution in [2.75, 3.05) is 5.32 Å². The van der Waals surface area contributed by atoms with Gasteiger partial charge in [0.15, 0.2) is 11.6 Å². The molecule has 0 fully saturated rings. The van der Waals surface area contributed by atoms with Crippen molar-refractivity contribution in [3.63, 3.8) is 0 Å². The summed E-state index contributed by atoms with van der Waals surface area (Å²) in [7, 11) is 0. The number of ether oxygens (including phenoxy) is 1. The highest BCUT2D eigenvalue weighted by Crippen LogP contribution is 2.32. The molecule has 0 unspecified atom stereocenters. The predicted molar refractivity (Wildman–Crippen MR) is 122 cm³/mol. The number of aromatic nitrogens is 2. The van der Waals surface area contributed by atoms with Crippen molar-refractivity contribution in [1.29, 1.82) is 0 Å². The molecule has 1 aliphatic rings. The first-order chi connectivity index (χ1) is 14.0. The number of anilines is 2. The molecule has 0 saturated heterocycles. The van der Waals surface area contributed by atoms with Gasteiger partial charge in [-0.25, -0.2) is 9.07 Å². The van der Waals surface area contributed by atoms with Gasteiger partial charge in [-0.15, -0.1) is 0 Å². The SMILES string of the molecule is CC(C)Oc1ccc(Nc2cc(C(C)(C)C)nn2CC2=CC=C(Cl)C[C@H]2C)cc1F. The van der Waals surface area contributed by atoms with E-state index in [0.29, 0.717) is 18.2 Å². The second-order valence-corrected chi connectivity index (χ2v) is 9.71. The van der Waals surface area contributed by atoms with Gasteiger partial charge in [0.25, 0.3) is 0 Å². The van der Waals surface area contributed by atoms with Crippen LogP contribution in [0.2, 0.25) is 0 Å². The zero-order valence-corrected chi connectivity index (χ0v) is 19.3. The van der Waals surface area contributed by atoms with Crippen molar-refractivity contribution in [1.82, 2.24) is 9.78 Å². The molecule has 0 saturated carbocycles.